The van der Waals surface area contributed by atoms with Gasteiger partial charge in [0.25, 0.3) is 5.91 Å². The Morgan fingerprint density at radius 1 is 1.09 bits per heavy atom. The van der Waals surface area contributed by atoms with E-state index in [0.29, 0.717) is 5.69 Å². The van der Waals surface area contributed by atoms with Gasteiger partial charge < -0.3 is 14.8 Å². The molecule has 0 unspecified atom stereocenters. The molecular weight excluding hydrogens is 429 g/mol. The van der Waals surface area contributed by atoms with Gasteiger partial charge in [-0.1, -0.05) is 18.2 Å². The van der Waals surface area contributed by atoms with Crippen LogP contribution < -0.4 is 15.4 Å². The number of methoxy groups -OCH3 is 2. The monoisotopic (exact) mass is 448 g/mol. The molecule has 0 saturated heterocycles. The Labute approximate surface area is 180 Å². The highest BCUT2D eigenvalue weighted by Gasteiger charge is 2.30. The molecule has 0 bridgehead atoms. The van der Waals surface area contributed by atoms with E-state index in [9.17, 15) is 22.8 Å². The minimum Gasteiger partial charge on any atom is -0.493 e. The van der Waals surface area contributed by atoms with Gasteiger partial charge in [-0.05, 0) is 35.9 Å². The quantitative estimate of drug-likeness (QED) is 0.594. The molecule has 0 aliphatic carbocycles. The van der Waals surface area contributed by atoms with Crippen LogP contribution >= 0.6 is 0 Å². The van der Waals surface area contributed by atoms with Gasteiger partial charge >= 0.3 is 12.3 Å². The fourth-order valence-electron chi connectivity index (χ4n) is 2.76. The Bertz CT molecular complexity index is 1110. The smallest absolute Gasteiger partial charge is 0.416 e. The van der Waals surface area contributed by atoms with E-state index in [-0.39, 0.29) is 23.7 Å². The normalized spacial score (nSPS) is 11.0. The number of halogens is 3. The van der Waals surface area contributed by atoms with Crippen LogP contribution in [0.25, 0.3) is 5.69 Å². The summed E-state index contributed by atoms with van der Waals surface area (Å²) in [6, 6.07) is 11.2. The minimum absolute atomic E-state index is 0.0751. The Morgan fingerprint density at radius 3 is 2.44 bits per heavy atom. The number of hydrogen-bond acceptors (Lipinski definition) is 5. The van der Waals surface area contributed by atoms with Crippen LogP contribution in [-0.4, -0.2) is 36.0 Å². The number of nitrogens with zero attached hydrogens (tertiary/aromatic N) is 2. The van der Waals surface area contributed by atoms with E-state index in [4.69, 9.17) is 4.74 Å². The number of anilines is 1. The predicted octanol–water partition coefficient (Wildman–Crippen LogP) is 4.01. The summed E-state index contributed by atoms with van der Waals surface area (Å²) in [7, 11) is 2.58. The fourth-order valence-corrected chi connectivity index (χ4v) is 2.76. The number of nitrogens with one attached hydrogen (secondary N) is 2. The molecule has 3 rings (SSSR count). The molecule has 0 aliphatic heterocycles. The number of aromatic nitrogens is 2. The third kappa shape index (κ3) is 5.36. The maximum absolute atomic E-state index is 13.0. The standard InChI is InChI=1S/C21H19F3N4O4/c1-31-17-12-28(16-5-3-4-14(10-16)21(22,23)24)27-18(17)19(29)25-11-13-6-8-15(9-7-13)26-20(30)32-2/h3-10,12H,11H2,1-2H3,(H,25,29)(H,26,30). The van der Waals surface area contributed by atoms with Gasteiger partial charge in [-0.2, -0.15) is 18.3 Å². The molecule has 8 nitrogen and oxygen atoms in total. The molecule has 0 radical (unpaired) electrons. The van der Waals surface area contributed by atoms with Crippen LogP contribution in [0.5, 0.6) is 5.75 Å². The first-order valence-corrected chi connectivity index (χ1v) is 9.24. The lowest BCUT2D eigenvalue weighted by Gasteiger charge is -2.08. The molecule has 3 aromatic rings. The Kier molecular flexibility index (Phi) is 6.67. The summed E-state index contributed by atoms with van der Waals surface area (Å²) in [4.78, 5) is 23.8. The molecule has 0 aliphatic rings. The van der Waals surface area contributed by atoms with Gasteiger partial charge in [-0.25, -0.2) is 9.48 Å². The zero-order valence-corrected chi connectivity index (χ0v) is 17.1. The number of amides is 2. The number of carbonyl (C=O) groups excluding carboxylic acids is 2. The predicted molar refractivity (Wildman–Crippen MR) is 109 cm³/mol. The number of carbonyl (C=O) groups is 2. The van der Waals surface area contributed by atoms with Crippen molar-refractivity contribution in [3.63, 3.8) is 0 Å². The van der Waals surface area contributed by atoms with Crippen molar-refractivity contribution in [2.45, 2.75) is 12.7 Å². The van der Waals surface area contributed by atoms with Crippen LogP contribution in [0.2, 0.25) is 0 Å². The first-order chi connectivity index (χ1) is 15.2. The third-order valence-electron chi connectivity index (χ3n) is 4.39. The number of hydrogen-bond donors (Lipinski definition) is 2. The number of benzene rings is 2. The maximum atomic E-state index is 13.0. The van der Waals surface area contributed by atoms with Crippen molar-refractivity contribution >= 4 is 17.7 Å². The summed E-state index contributed by atoms with van der Waals surface area (Å²) in [5.41, 5.74) is 0.485. The lowest BCUT2D eigenvalue weighted by atomic mass is 10.2. The van der Waals surface area contributed by atoms with Gasteiger partial charge in [-0.3, -0.25) is 10.1 Å². The lowest BCUT2D eigenvalue weighted by molar-refractivity contribution is -0.137. The zero-order valence-electron chi connectivity index (χ0n) is 17.1. The minimum atomic E-state index is -4.50. The van der Waals surface area contributed by atoms with Crippen LogP contribution in [0.1, 0.15) is 21.6 Å². The van der Waals surface area contributed by atoms with E-state index in [1.807, 2.05) is 0 Å². The second kappa shape index (κ2) is 9.41. The molecule has 168 valence electrons. The van der Waals surface area contributed by atoms with Gasteiger partial charge in [-0.15, -0.1) is 0 Å². The zero-order chi connectivity index (χ0) is 23.3. The SMILES string of the molecule is COC(=O)Nc1ccc(CNC(=O)c2nn(-c3cccc(C(F)(F)F)c3)cc2OC)cc1. The van der Waals surface area contributed by atoms with E-state index >= 15 is 0 Å². The molecule has 1 aromatic heterocycles. The molecule has 0 atom stereocenters. The third-order valence-corrected chi connectivity index (χ3v) is 4.39. The average Bonchev–Trinajstić information content (AvgIpc) is 3.22. The molecule has 0 saturated carbocycles. The van der Waals surface area contributed by atoms with Gasteiger partial charge in [0.05, 0.1) is 31.7 Å². The van der Waals surface area contributed by atoms with Crippen molar-refractivity contribution in [3.05, 3.63) is 71.5 Å². The second-order valence-electron chi connectivity index (χ2n) is 6.53. The first kappa shape index (κ1) is 22.7. The summed E-state index contributed by atoms with van der Waals surface area (Å²) in [6.45, 7) is 0.150. The van der Waals surface area contributed by atoms with Crippen molar-refractivity contribution < 1.29 is 32.2 Å². The van der Waals surface area contributed by atoms with E-state index in [2.05, 4.69) is 20.5 Å². The van der Waals surface area contributed by atoms with Crippen molar-refractivity contribution in [3.8, 4) is 11.4 Å². The summed E-state index contributed by atoms with van der Waals surface area (Å²) in [5, 5.41) is 9.28. The van der Waals surface area contributed by atoms with Gasteiger partial charge in [0.2, 0.25) is 0 Å². The molecule has 2 aromatic carbocycles. The highest BCUT2D eigenvalue weighted by Crippen LogP contribution is 2.30. The van der Waals surface area contributed by atoms with Gasteiger partial charge in [0, 0.05) is 12.2 Å². The van der Waals surface area contributed by atoms with Crippen molar-refractivity contribution in [2.75, 3.05) is 19.5 Å². The maximum Gasteiger partial charge on any atom is 0.416 e. The number of ether oxygens (including phenoxy) is 2. The molecule has 0 fully saturated rings. The Hall–Kier alpha value is -4.02. The summed E-state index contributed by atoms with van der Waals surface area (Å²) >= 11 is 0. The van der Waals surface area contributed by atoms with E-state index in [1.165, 1.54) is 32.5 Å². The lowest BCUT2D eigenvalue weighted by Crippen LogP contribution is -2.24. The van der Waals surface area contributed by atoms with Crippen molar-refractivity contribution in [1.82, 2.24) is 15.1 Å². The highest BCUT2D eigenvalue weighted by atomic mass is 19.4. The number of rotatable bonds is 6. The topological polar surface area (TPSA) is 94.5 Å². The Morgan fingerprint density at radius 2 is 1.81 bits per heavy atom. The molecule has 1 heterocycles. The fraction of sp³-hybridized carbons (Fsp3) is 0.190. The van der Waals surface area contributed by atoms with Gasteiger partial charge in [0.15, 0.2) is 11.4 Å². The Balaban J connectivity index is 1.72. The van der Waals surface area contributed by atoms with Crippen LogP contribution in [0.4, 0.5) is 23.7 Å². The molecule has 0 spiro atoms. The molecule has 11 heteroatoms. The largest absolute Gasteiger partial charge is 0.493 e. The van der Waals surface area contributed by atoms with E-state index in [0.717, 1.165) is 22.4 Å². The molecular formula is C21H19F3N4O4. The molecule has 2 amide bonds. The molecule has 2 N–H and O–H groups in total. The molecule has 32 heavy (non-hydrogen) atoms. The van der Waals surface area contributed by atoms with Crippen LogP contribution in [0.3, 0.4) is 0 Å². The summed E-state index contributed by atoms with van der Waals surface area (Å²) in [6.07, 6.45) is -3.78. The van der Waals surface area contributed by atoms with Crippen LogP contribution in [-0.2, 0) is 17.5 Å². The average molecular weight is 448 g/mol. The van der Waals surface area contributed by atoms with Crippen molar-refractivity contribution in [1.29, 1.82) is 0 Å². The summed E-state index contributed by atoms with van der Waals surface area (Å²) in [5.74, 6) is -0.457. The second-order valence-corrected chi connectivity index (χ2v) is 6.53. The summed E-state index contributed by atoms with van der Waals surface area (Å²) < 4.78 is 49.8. The first-order valence-electron chi connectivity index (χ1n) is 9.24. The number of alkyl halides is 3. The highest BCUT2D eigenvalue weighted by molar-refractivity contribution is 5.95. The van der Waals surface area contributed by atoms with E-state index in [1.54, 1.807) is 24.3 Å². The van der Waals surface area contributed by atoms with Crippen molar-refractivity contribution in [2.24, 2.45) is 0 Å². The van der Waals surface area contributed by atoms with Crippen LogP contribution in [0, 0.1) is 0 Å². The van der Waals surface area contributed by atoms with Crippen LogP contribution in [0.15, 0.2) is 54.7 Å². The van der Waals surface area contributed by atoms with E-state index < -0.39 is 23.7 Å². The van der Waals surface area contributed by atoms with Gasteiger partial charge in [0.1, 0.15) is 0 Å².